The molecule has 2 fully saturated rings. The van der Waals surface area contributed by atoms with E-state index >= 15 is 0 Å². The van der Waals surface area contributed by atoms with E-state index in [0.717, 1.165) is 22.9 Å². The number of hydrogen-bond acceptors (Lipinski definition) is 3. The molecule has 1 aromatic carbocycles. The lowest BCUT2D eigenvalue weighted by Crippen LogP contribution is -2.38. The van der Waals surface area contributed by atoms with E-state index in [2.05, 4.69) is 23.3 Å². The molecule has 1 N–H and O–H groups in total. The predicted molar refractivity (Wildman–Crippen MR) is 105 cm³/mol. The third kappa shape index (κ3) is 4.03. The van der Waals surface area contributed by atoms with Crippen molar-refractivity contribution in [1.82, 2.24) is 20.0 Å². The maximum Gasteiger partial charge on any atom is 0.0646 e. The fraction of sp³-hybridized carbons (Fsp3) is 0.526. The Labute approximate surface area is 160 Å². The van der Waals surface area contributed by atoms with Crippen molar-refractivity contribution in [2.75, 3.05) is 26.2 Å². The molecule has 4 nitrogen and oxygen atoms in total. The van der Waals surface area contributed by atoms with Crippen molar-refractivity contribution in [1.29, 1.82) is 0 Å². The van der Waals surface area contributed by atoms with Gasteiger partial charge in [-0.25, -0.2) is 4.68 Å². The number of aryl methyl sites for hydroxylation is 1. The number of halogens is 2. The lowest BCUT2D eigenvalue weighted by molar-refractivity contribution is 0.194. The fourth-order valence-electron chi connectivity index (χ4n) is 4.15. The van der Waals surface area contributed by atoms with Gasteiger partial charge in [0, 0.05) is 29.9 Å². The molecular formula is C19H26Cl2N4. The summed E-state index contributed by atoms with van der Waals surface area (Å²) in [6.07, 6.45) is 6.17. The highest BCUT2D eigenvalue weighted by molar-refractivity contribution is 6.30. The minimum atomic E-state index is 0. The summed E-state index contributed by atoms with van der Waals surface area (Å²) in [5.41, 5.74) is 4.07. The summed E-state index contributed by atoms with van der Waals surface area (Å²) in [6, 6.07) is 7.85. The van der Waals surface area contributed by atoms with E-state index in [4.69, 9.17) is 16.7 Å². The molecule has 0 radical (unpaired) electrons. The van der Waals surface area contributed by atoms with E-state index in [1.807, 2.05) is 28.9 Å². The van der Waals surface area contributed by atoms with Crippen LogP contribution < -0.4 is 5.32 Å². The van der Waals surface area contributed by atoms with Crippen LogP contribution in [0.4, 0.5) is 0 Å². The maximum absolute atomic E-state index is 5.98. The monoisotopic (exact) mass is 380 g/mol. The van der Waals surface area contributed by atoms with Gasteiger partial charge in [-0.3, -0.25) is 4.90 Å². The number of piperidine rings is 1. The molecule has 0 aliphatic carbocycles. The average molecular weight is 381 g/mol. The van der Waals surface area contributed by atoms with Crippen molar-refractivity contribution >= 4 is 24.0 Å². The minimum absolute atomic E-state index is 0. The van der Waals surface area contributed by atoms with Crippen LogP contribution in [-0.2, 0) is 6.54 Å². The van der Waals surface area contributed by atoms with Gasteiger partial charge in [-0.1, -0.05) is 11.6 Å². The van der Waals surface area contributed by atoms with Crippen molar-refractivity contribution in [3.05, 3.63) is 46.7 Å². The molecule has 25 heavy (non-hydrogen) atoms. The number of likely N-dealkylation sites (tertiary alicyclic amines) is 1. The Bertz CT molecular complexity index is 705. The molecule has 2 aliphatic rings. The second-order valence-electron chi connectivity index (χ2n) is 7.37. The summed E-state index contributed by atoms with van der Waals surface area (Å²) in [6.45, 7) is 7.93. The molecule has 6 heteroatoms. The van der Waals surface area contributed by atoms with Crippen LogP contribution in [0.15, 0.2) is 30.5 Å². The zero-order chi connectivity index (χ0) is 16.6. The molecule has 0 atom stereocenters. The highest BCUT2D eigenvalue weighted by Gasteiger charge is 2.38. The van der Waals surface area contributed by atoms with Gasteiger partial charge in [0.05, 0.1) is 11.4 Å². The van der Waals surface area contributed by atoms with Crippen molar-refractivity contribution in [2.45, 2.75) is 32.7 Å². The smallest absolute Gasteiger partial charge is 0.0646 e. The number of benzene rings is 1. The first-order valence-electron chi connectivity index (χ1n) is 8.88. The molecule has 1 spiro atoms. The third-order valence-electron chi connectivity index (χ3n) is 5.67. The van der Waals surface area contributed by atoms with E-state index < -0.39 is 0 Å². The molecule has 4 rings (SSSR count). The van der Waals surface area contributed by atoms with Crippen LogP contribution in [-0.4, -0.2) is 40.9 Å². The molecule has 3 heterocycles. The number of aromatic nitrogens is 2. The number of rotatable bonds is 3. The van der Waals surface area contributed by atoms with E-state index in [-0.39, 0.29) is 12.4 Å². The Hall–Kier alpha value is -1.07. The topological polar surface area (TPSA) is 33.1 Å². The van der Waals surface area contributed by atoms with Crippen molar-refractivity contribution in [2.24, 2.45) is 5.41 Å². The summed E-state index contributed by atoms with van der Waals surface area (Å²) < 4.78 is 1.97. The van der Waals surface area contributed by atoms with Crippen LogP contribution in [0.5, 0.6) is 0 Å². The Kier molecular flexibility index (Phi) is 5.74. The molecular weight excluding hydrogens is 355 g/mol. The second-order valence-corrected chi connectivity index (χ2v) is 7.81. The van der Waals surface area contributed by atoms with Gasteiger partial charge in [0.2, 0.25) is 0 Å². The van der Waals surface area contributed by atoms with Gasteiger partial charge in [-0.05, 0) is 75.5 Å². The molecule has 0 amide bonds. The van der Waals surface area contributed by atoms with E-state index in [9.17, 15) is 0 Å². The zero-order valence-electron chi connectivity index (χ0n) is 14.7. The molecule has 2 aliphatic heterocycles. The molecule has 0 bridgehead atoms. The highest BCUT2D eigenvalue weighted by atomic mass is 35.5. The first-order valence-corrected chi connectivity index (χ1v) is 9.26. The Morgan fingerprint density at radius 1 is 1.16 bits per heavy atom. The molecule has 0 unspecified atom stereocenters. The lowest BCUT2D eigenvalue weighted by Gasteiger charge is -2.33. The Morgan fingerprint density at radius 2 is 1.88 bits per heavy atom. The standard InChI is InChI=1S/C19H25ClN4.ClH/c1-15-16(13-24(22-15)18-4-2-17(20)3-5-18)12-23-11-8-19(14-23)6-9-21-10-7-19;/h2-5,13,21H,6-12,14H2,1H3;1H. The van der Waals surface area contributed by atoms with Crippen LogP contribution >= 0.6 is 24.0 Å². The van der Waals surface area contributed by atoms with Gasteiger partial charge in [0.15, 0.2) is 0 Å². The van der Waals surface area contributed by atoms with Crippen molar-refractivity contribution < 1.29 is 0 Å². The van der Waals surface area contributed by atoms with Gasteiger partial charge in [-0.2, -0.15) is 5.10 Å². The van der Waals surface area contributed by atoms with E-state index in [0.29, 0.717) is 5.41 Å². The van der Waals surface area contributed by atoms with Gasteiger partial charge in [0.1, 0.15) is 0 Å². The van der Waals surface area contributed by atoms with E-state index in [1.54, 1.807) is 0 Å². The molecule has 136 valence electrons. The summed E-state index contributed by atoms with van der Waals surface area (Å²) in [7, 11) is 0. The fourth-order valence-corrected chi connectivity index (χ4v) is 4.27. The quantitative estimate of drug-likeness (QED) is 0.877. The van der Waals surface area contributed by atoms with Gasteiger partial charge in [-0.15, -0.1) is 12.4 Å². The lowest BCUT2D eigenvalue weighted by atomic mass is 9.78. The summed E-state index contributed by atoms with van der Waals surface area (Å²) in [4.78, 5) is 2.61. The molecule has 0 saturated carbocycles. The van der Waals surface area contributed by atoms with Crippen LogP contribution in [0, 0.1) is 12.3 Å². The predicted octanol–water partition coefficient (Wildman–Crippen LogP) is 3.83. The van der Waals surface area contributed by atoms with Crippen LogP contribution in [0.2, 0.25) is 5.02 Å². The summed E-state index contributed by atoms with van der Waals surface area (Å²) in [5.74, 6) is 0. The molecule has 2 aromatic rings. The summed E-state index contributed by atoms with van der Waals surface area (Å²) >= 11 is 5.98. The first-order chi connectivity index (χ1) is 11.6. The zero-order valence-corrected chi connectivity index (χ0v) is 16.2. The normalized spacial score (nSPS) is 19.9. The first kappa shape index (κ1) is 18.7. The molecule has 2 saturated heterocycles. The van der Waals surface area contributed by atoms with E-state index in [1.165, 1.54) is 51.0 Å². The third-order valence-corrected chi connectivity index (χ3v) is 5.92. The Morgan fingerprint density at radius 3 is 2.60 bits per heavy atom. The number of nitrogens with zero attached hydrogens (tertiary/aromatic N) is 3. The second kappa shape index (κ2) is 7.67. The number of nitrogens with one attached hydrogen (secondary N) is 1. The Balaban J connectivity index is 0.00000182. The van der Waals surface area contributed by atoms with Crippen LogP contribution in [0.1, 0.15) is 30.5 Å². The SMILES string of the molecule is Cc1nn(-c2ccc(Cl)cc2)cc1CN1CCC2(CCNCC2)C1.Cl. The largest absolute Gasteiger partial charge is 0.317 e. The van der Waals surface area contributed by atoms with Crippen LogP contribution in [0.3, 0.4) is 0 Å². The maximum atomic E-state index is 5.98. The van der Waals surface area contributed by atoms with Crippen molar-refractivity contribution in [3.63, 3.8) is 0 Å². The van der Waals surface area contributed by atoms with Crippen molar-refractivity contribution in [3.8, 4) is 5.69 Å². The summed E-state index contributed by atoms with van der Waals surface area (Å²) in [5, 5.41) is 8.94. The van der Waals surface area contributed by atoms with Gasteiger partial charge in [0.25, 0.3) is 0 Å². The van der Waals surface area contributed by atoms with Gasteiger partial charge >= 0.3 is 0 Å². The number of hydrogen-bond donors (Lipinski definition) is 1. The molecule has 1 aromatic heterocycles. The average Bonchev–Trinajstić information content (AvgIpc) is 3.14. The van der Waals surface area contributed by atoms with Crippen LogP contribution in [0.25, 0.3) is 5.69 Å². The highest BCUT2D eigenvalue weighted by Crippen LogP contribution is 2.39. The van der Waals surface area contributed by atoms with Gasteiger partial charge < -0.3 is 5.32 Å². The minimum Gasteiger partial charge on any atom is -0.317 e.